The summed E-state index contributed by atoms with van der Waals surface area (Å²) in [5.74, 6) is -0.00444. The highest BCUT2D eigenvalue weighted by Gasteiger charge is 2.25. The number of carbonyl (C=O) groups excluding carboxylic acids is 1. The molecule has 6 nitrogen and oxygen atoms in total. The van der Waals surface area contributed by atoms with E-state index in [1.807, 2.05) is 0 Å². The third-order valence-electron chi connectivity index (χ3n) is 2.26. The molecule has 0 spiro atoms. The van der Waals surface area contributed by atoms with Crippen molar-refractivity contribution < 1.29 is 22.9 Å². The molecule has 1 unspecified atom stereocenters. The number of carbonyl (C=O) groups is 1. The first-order valence-electron chi connectivity index (χ1n) is 6.63. The molecule has 0 aromatic heterocycles. The fraction of sp³-hybridized carbons (Fsp3) is 0.917. The van der Waals surface area contributed by atoms with Crippen LogP contribution >= 0.6 is 7.82 Å². The molecule has 0 radical (unpaired) electrons. The zero-order chi connectivity index (χ0) is 14.7. The van der Waals surface area contributed by atoms with Gasteiger partial charge in [-0.05, 0) is 26.7 Å². The topological polar surface area (TPSA) is 73.9 Å². The molecule has 0 rings (SSSR count). The summed E-state index contributed by atoms with van der Waals surface area (Å²) in [6.07, 6.45) is 3.46. The number of unbranched alkanes of at least 4 members (excludes halogenated alkanes) is 3. The van der Waals surface area contributed by atoms with Crippen LogP contribution in [0.15, 0.2) is 0 Å². The van der Waals surface area contributed by atoms with Gasteiger partial charge in [0.15, 0.2) is 0 Å². The maximum absolute atomic E-state index is 11.9. The maximum atomic E-state index is 11.9. The Labute approximate surface area is 115 Å². The third kappa shape index (κ3) is 11.1. The molecular weight excluding hydrogens is 269 g/mol. The molecule has 0 aliphatic heterocycles. The molecular formula is C12H26NO5P. The number of nitrogens with one attached hydrogen (secondary N) is 1. The van der Waals surface area contributed by atoms with Crippen LogP contribution in [0.1, 0.15) is 46.5 Å². The van der Waals surface area contributed by atoms with E-state index in [2.05, 4.69) is 5.32 Å². The van der Waals surface area contributed by atoms with Crippen molar-refractivity contribution in [1.82, 2.24) is 5.32 Å². The average Bonchev–Trinajstić information content (AvgIpc) is 2.31. The van der Waals surface area contributed by atoms with Crippen LogP contribution in [-0.4, -0.2) is 32.3 Å². The molecule has 0 heterocycles. The summed E-state index contributed by atoms with van der Waals surface area (Å²) in [5.41, 5.74) is 0. The van der Waals surface area contributed by atoms with E-state index in [0.717, 1.165) is 25.7 Å². The van der Waals surface area contributed by atoms with Crippen LogP contribution in [0.4, 0.5) is 0 Å². The van der Waals surface area contributed by atoms with Crippen LogP contribution in [0.5, 0.6) is 0 Å². The molecule has 7 heteroatoms. The van der Waals surface area contributed by atoms with Crippen LogP contribution in [-0.2, 0) is 22.9 Å². The van der Waals surface area contributed by atoms with E-state index in [4.69, 9.17) is 13.6 Å². The lowest BCUT2D eigenvalue weighted by Crippen LogP contribution is -2.20. The van der Waals surface area contributed by atoms with Gasteiger partial charge in [0.25, 0.3) is 0 Å². The van der Waals surface area contributed by atoms with Crippen molar-refractivity contribution in [2.75, 3.05) is 20.3 Å². The van der Waals surface area contributed by atoms with E-state index in [1.165, 1.54) is 14.0 Å². The largest absolute Gasteiger partial charge is 0.474 e. The second-order valence-electron chi connectivity index (χ2n) is 4.51. The van der Waals surface area contributed by atoms with Gasteiger partial charge in [0.05, 0.1) is 12.7 Å². The summed E-state index contributed by atoms with van der Waals surface area (Å²) in [6.45, 7) is 6.10. The van der Waals surface area contributed by atoms with Gasteiger partial charge >= 0.3 is 7.82 Å². The summed E-state index contributed by atoms with van der Waals surface area (Å²) in [4.78, 5) is 10.6. The van der Waals surface area contributed by atoms with Crippen LogP contribution < -0.4 is 5.32 Å². The Morgan fingerprint density at radius 1 is 1.21 bits per heavy atom. The van der Waals surface area contributed by atoms with Gasteiger partial charge < -0.3 is 5.32 Å². The Morgan fingerprint density at radius 2 is 1.84 bits per heavy atom. The van der Waals surface area contributed by atoms with E-state index < -0.39 is 7.82 Å². The van der Waals surface area contributed by atoms with E-state index in [1.54, 1.807) is 13.8 Å². The molecule has 0 fully saturated rings. The quantitative estimate of drug-likeness (QED) is 0.468. The summed E-state index contributed by atoms with van der Waals surface area (Å²) in [6, 6.07) is 0. The Morgan fingerprint density at radius 3 is 2.37 bits per heavy atom. The number of amides is 1. The smallest absolute Gasteiger partial charge is 0.356 e. The fourth-order valence-corrected chi connectivity index (χ4v) is 2.53. The predicted molar refractivity (Wildman–Crippen MR) is 73.9 cm³/mol. The van der Waals surface area contributed by atoms with Gasteiger partial charge in [-0.3, -0.25) is 18.4 Å². The van der Waals surface area contributed by atoms with Gasteiger partial charge in [-0.15, -0.1) is 0 Å². The van der Waals surface area contributed by atoms with Crippen molar-refractivity contribution in [2.45, 2.75) is 52.6 Å². The van der Waals surface area contributed by atoms with Gasteiger partial charge in [0.1, 0.15) is 0 Å². The van der Waals surface area contributed by atoms with E-state index in [-0.39, 0.29) is 12.0 Å². The first-order chi connectivity index (χ1) is 8.89. The molecule has 0 aromatic carbocycles. The molecule has 1 atom stereocenters. The highest BCUT2D eigenvalue weighted by molar-refractivity contribution is 7.48. The van der Waals surface area contributed by atoms with Crippen molar-refractivity contribution >= 4 is 13.7 Å². The molecule has 0 aliphatic rings. The maximum Gasteiger partial charge on any atom is 0.474 e. The first kappa shape index (κ1) is 18.6. The van der Waals surface area contributed by atoms with Gasteiger partial charge in [-0.25, -0.2) is 4.57 Å². The minimum Gasteiger partial charge on any atom is -0.356 e. The summed E-state index contributed by atoms with van der Waals surface area (Å²) >= 11 is 0. The molecule has 0 bridgehead atoms. The number of phosphoric ester groups is 1. The standard InChI is InChI=1S/C12H26NO5P/c1-11(2)18-19(15,16-4)17-10-8-6-5-7-9-13-12(3)14/h11H,5-10H2,1-4H3,(H,13,14). The Hall–Kier alpha value is -0.420. The molecule has 1 amide bonds. The Bertz CT molecular complexity index is 296. The molecule has 1 N–H and O–H groups in total. The Kier molecular flexibility index (Phi) is 10.1. The van der Waals surface area contributed by atoms with E-state index in [0.29, 0.717) is 13.2 Å². The average molecular weight is 295 g/mol. The summed E-state index contributed by atoms with van der Waals surface area (Å²) in [5, 5.41) is 2.74. The molecule has 0 aliphatic carbocycles. The van der Waals surface area contributed by atoms with Gasteiger partial charge in [0, 0.05) is 20.6 Å². The van der Waals surface area contributed by atoms with Crippen molar-refractivity contribution in [2.24, 2.45) is 0 Å². The highest BCUT2D eigenvalue weighted by atomic mass is 31.2. The zero-order valence-electron chi connectivity index (χ0n) is 12.3. The van der Waals surface area contributed by atoms with Crippen LogP contribution in [0.2, 0.25) is 0 Å². The fourth-order valence-electron chi connectivity index (χ4n) is 1.41. The number of rotatable bonds is 11. The van der Waals surface area contributed by atoms with Crippen molar-refractivity contribution in [3.8, 4) is 0 Å². The van der Waals surface area contributed by atoms with E-state index >= 15 is 0 Å². The van der Waals surface area contributed by atoms with Crippen LogP contribution in [0, 0.1) is 0 Å². The van der Waals surface area contributed by atoms with Crippen molar-refractivity contribution in [3.63, 3.8) is 0 Å². The number of hydrogen-bond acceptors (Lipinski definition) is 5. The second-order valence-corrected chi connectivity index (χ2v) is 6.24. The first-order valence-corrected chi connectivity index (χ1v) is 8.09. The molecule has 0 saturated carbocycles. The lowest BCUT2D eigenvalue weighted by molar-refractivity contribution is -0.118. The number of hydrogen-bond donors (Lipinski definition) is 1. The van der Waals surface area contributed by atoms with E-state index in [9.17, 15) is 9.36 Å². The van der Waals surface area contributed by atoms with Crippen LogP contribution in [0.25, 0.3) is 0 Å². The van der Waals surface area contributed by atoms with Gasteiger partial charge in [-0.1, -0.05) is 12.8 Å². The van der Waals surface area contributed by atoms with Crippen LogP contribution in [0.3, 0.4) is 0 Å². The minimum absolute atomic E-state index is 0.00444. The molecule has 0 saturated heterocycles. The summed E-state index contributed by atoms with van der Waals surface area (Å²) < 4.78 is 27.0. The monoisotopic (exact) mass is 295 g/mol. The normalized spacial score (nSPS) is 14.4. The Balaban J connectivity index is 3.56. The van der Waals surface area contributed by atoms with Gasteiger partial charge in [0.2, 0.25) is 5.91 Å². The lowest BCUT2D eigenvalue weighted by Gasteiger charge is -2.17. The summed E-state index contributed by atoms with van der Waals surface area (Å²) in [7, 11) is -2.07. The van der Waals surface area contributed by atoms with Crippen molar-refractivity contribution in [1.29, 1.82) is 0 Å². The SMILES string of the molecule is COP(=O)(OCCCCCCNC(C)=O)OC(C)C. The molecule has 19 heavy (non-hydrogen) atoms. The second kappa shape index (κ2) is 10.4. The van der Waals surface area contributed by atoms with Crippen molar-refractivity contribution in [3.05, 3.63) is 0 Å². The van der Waals surface area contributed by atoms with Gasteiger partial charge in [-0.2, -0.15) is 0 Å². The zero-order valence-corrected chi connectivity index (χ0v) is 13.2. The third-order valence-corrected chi connectivity index (χ3v) is 3.88. The highest BCUT2D eigenvalue weighted by Crippen LogP contribution is 2.49. The minimum atomic E-state index is -3.39. The number of phosphoric acid groups is 1. The molecule has 0 aromatic rings. The predicted octanol–water partition coefficient (Wildman–Crippen LogP) is 2.88. The molecule has 114 valence electrons. The lowest BCUT2D eigenvalue weighted by atomic mass is 10.2.